The van der Waals surface area contributed by atoms with Crippen molar-refractivity contribution in [3.63, 3.8) is 0 Å². The minimum Gasteiger partial charge on any atom is -0.468 e. The van der Waals surface area contributed by atoms with Crippen LogP contribution in [-0.2, 0) is 6.54 Å². The molecule has 1 aliphatic heterocycles. The van der Waals surface area contributed by atoms with E-state index >= 15 is 0 Å². The summed E-state index contributed by atoms with van der Waals surface area (Å²) in [5, 5.41) is 6.82. The van der Waals surface area contributed by atoms with Gasteiger partial charge in [-0.1, -0.05) is 30.3 Å². The Bertz CT molecular complexity index is 1170. The van der Waals surface area contributed by atoms with Crippen molar-refractivity contribution >= 4 is 21.7 Å². The molecule has 1 N–H and O–H groups in total. The summed E-state index contributed by atoms with van der Waals surface area (Å²) in [4.78, 5) is 14.6. The Balaban J connectivity index is 1.44. The van der Waals surface area contributed by atoms with Crippen molar-refractivity contribution in [3.05, 3.63) is 82.6 Å². The van der Waals surface area contributed by atoms with Gasteiger partial charge in [0.05, 0.1) is 12.3 Å². The van der Waals surface area contributed by atoms with Gasteiger partial charge in [-0.05, 0) is 60.5 Å². The van der Waals surface area contributed by atoms with Crippen LogP contribution in [-0.4, -0.2) is 24.5 Å². The van der Waals surface area contributed by atoms with E-state index in [2.05, 4.69) is 22.3 Å². The number of nitrogens with one attached hydrogen (secondary N) is 1. The molecule has 0 aliphatic carbocycles. The Morgan fingerprint density at radius 1 is 1.03 bits per heavy atom. The van der Waals surface area contributed by atoms with Crippen LogP contribution in [0.1, 0.15) is 30.2 Å². The molecule has 0 saturated carbocycles. The lowest BCUT2D eigenvalue weighted by atomic mass is 10.0. The van der Waals surface area contributed by atoms with Crippen LogP contribution in [0.25, 0.3) is 21.7 Å². The Labute approximate surface area is 168 Å². The third kappa shape index (κ3) is 3.59. The molecule has 0 radical (unpaired) electrons. The predicted octanol–water partition coefficient (Wildman–Crippen LogP) is 4.47. The van der Waals surface area contributed by atoms with Gasteiger partial charge < -0.3 is 14.2 Å². The van der Waals surface area contributed by atoms with Gasteiger partial charge in [-0.3, -0.25) is 4.90 Å². The minimum absolute atomic E-state index is 0.204. The Morgan fingerprint density at radius 2 is 1.90 bits per heavy atom. The molecule has 4 aromatic rings. The zero-order valence-corrected chi connectivity index (χ0v) is 16.3. The molecule has 1 atom stereocenters. The maximum Gasteiger partial charge on any atom is 0.336 e. The molecule has 1 saturated heterocycles. The first-order valence-electron chi connectivity index (χ1n) is 10.2. The van der Waals surface area contributed by atoms with Gasteiger partial charge in [0.1, 0.15) is 11.3 Å². The molecule has 5 nitrogen and oxygen atoms in total. The summed E-state index contributed by atoms with van der Waals surface area (Å²) >= 11 is 0. The molecule has 148 valence electrons. The summed E-state index contributed by atoms with van der Waals surface area (Å²) < 4.78 is 11.2. The lowest BCUT2D eigenvalue weighted by Gasteiger charge is -2.26. The molecule has 5 rings (SSSR count). The van der Waals surface area contributed by atoms with Crippen molar-refractivity contribution in [2.24, 2.45) is 0 Å². The van der Waals surface area contributed by atoms with E-state index in [1.54, 1.807) is 12.3 Å². The first kappa shape index (κ1) is 18.2. The molecule has 2 aromatic carbocycles. The summed E-state index contributed by atoms with van der Waals surface area (Å²) in [7, 11) is 0. The van der Waals surface area contributed by atoms with Crippen LogP contribution in [0, 0.1) is 0 Å². The van der Waals surface area contributed by atoms with Gasteiger partial charge in [0, 0.05) is 24.5 Å². The van der Waals surface area contributed by atoms with Crippen molar-refractivity contribution in [2.75, 3.05) is 19.6 Å². The maximum absolute atomic E-state index is 12.1. The van der Waals surface area contributed by atoms with Crippen molar-refractivity contribution < 1.29 is 8.83 Å². The van der Waals surface area contributed by atoms with E-state index < -0.39 is 0 Å². The Kier molecular flexibility index (Phi) is 4.92. The second-order valence-electron chi connectivity index (χ2n) is 7.66. The predicted molar refractivity (Wildman–Crippen MR) is 114 cm³/mol. The van der Waals surface area contributed by atoms with Crippen LogP contribution in [0.2, 0.25) is 0 Å². The van der Waals surface area contributed by atoms with Crippen LogP contribution < -0.4 is 10.9 Å². The second-order valence-corrected chi connectivity index (χ2v) is 7.66. The van der Waals surface area contributed by atoms with E-state index in [4.69, 9.17) is 8.83 Å². The Morgan fingerprint density at radius 3 is 2.72 bits per heavy atom. The first-order chi connectivity index (χ1) is 14.3. The number of hydrogen-bond donors (Lipinski definition) is 1. The highest BCUT2D eigenvalue weighted by molar-refractivity contribution is 6.07. The van der Waals surface area contributed by atoms with Crippen LogP contribution in [0.15, 0.2) is 74.5 Å². The summed E-state index contributed by atoms with van der Waals surface area (Å²) in [6.45, 7) is 3.55. The third-order valence-electron chi connectivity index (χ3n) is 5.82. The monoisotopic (exact) mass is 388 g/mol. The van der Waals surface area contributed by atoms with E-state index in [1.807, 2.05) is 36.4 Å². The van der Waals surface area contributed by atoms with Gasteiger partial charge in [0.2, 0.25) is 0 Å². The van der Waals surface area contributed by atoms with E-state index in [-0.39, 0.29) is 11.7 Å². The maximum atomic E-state index is 12.1. The summed E-state index contributed by atoms with van der Waals surface area (Å²) in [5.74, 6) is 0.988. The molecule has 0 spiro atoms. The van der Waals surface area contributed by atoms with E-state index in [9.17, 15) is 4.79 Å². The highest BCUT2D eigenvalue weighted by Crippen LogP contribution is 2.28. The average Bonchev–Trinajstić information content (AvgIpc) is 3.45. The summed E-state index contributed by atoms with van der Waals surface area (Å²) in [6, 6.07) is 17.9. The number of furan rings is 1. The number of hydrogen-bond acceptors (Lipinski definition) is 5. The van der Waals surface area contributed by atoms with Crippen LogP contribution >= 0.6 is 0 Å². The largest absolute Gasteiger partial charge is 0.468 e. The minimum atomic E-state index is -0.313. The molecule has 0 amide bonds. The molecule has 1 fully saturated rings. The van der Waals surface area contributed by atoms with Crippen LogP contribution in [0.4, 0.5) is 0 Å². The van der Waals surface area contributed by atoms with Gasteiger partial charge in [-0.15, -0.1) is 0 Å². The molecule has 0 bridgehead atoms. The van der Waals surface area contributed by atoms with Crippen molar-refractivity contribution in [1.82, 2.24) is 10.2 Å². The first-order valence-corrected chi connectivity index (χ1v) is 10.2. The van der Waals surface area contributed by atoms with Gasteiger partial charge >= 0.3 is 5.63 Å². The van der Waals surface area contributed by atoms with Gasteiger partial charge in [-0.25, -0.2) is 4.79 Å². The lowest BCUT2D eigenvalue weighted by molar-refractivity contribution is 0.209. The zero-order valence-electron chi connectivity index (χ0n) is 16.3. The van der Waals surface area contributed by atoms with Crippen molar-refractivity contribution in [3.8, 4) is 0 Å². The lowest BCUT2D eigenvalue weighted by Crippen LogP contribution is -2.33. The molecule has 5 heteroatoms. The van der Waals surface area contributed by atoms with Gasteiger partial charge in [0.25, 0.3) is 0 Å². The van der Waals surface area contributed by atoms with Gasteiger partial charge in [0.15, 0.2) is 0 Å². The molecular formula is C24H24N2O3. The highest BCUT2D eigenvalue weighted by atomic mass is 16.4. The van der Waals surface area contributed by atoms with E-state index in [0.717, 1.165) is 47.1 Å². The third-order valence-corrected chi connectivity index (χ3v) is 5.82. The van der Waals surface area contributed by atoms with E-state index in [1.165, 1.54) is 12.8 Å². The van der Waals surface area contributed by atoms with Crippen LogP contribution in [0.3, 0.4) is 0 Å². The Hall–Kier alpha value is -2.89. The summed E-state index contributed by atoms with van der Waals surface area (Å²) in [5.41, 5.74) is 1.29. The van der Waals surface area contributed by atoms with Gasteiger partial charge in [-0.2, -0.15) is 0 Å². The topological polar surface area (TPSA) is 58.6 Å². The quantitative estimate of drug-likeness (QED) is 0.390. The normalized spacial score (nSPS) is 16.0. The number of benzene rings is 2. The molecular weight excluding hydrogens is 364 g/mol. The fourth-order valence-corrected chi connectivity index (χ4v) is 4.45. The smallest absolute Gasteiger partial charge is 0.336 e. The zero-order chi connectivity index (χ0) is 19.6. The molecule has 2 aromatic heterocycles. The highest BCUT2D eigenvalue weighted by Gasteiger charge is 2.25. The summed E-state index contributed by atoms with van der Waals surface area (Å²) in [6.07, 6.45) is 4.20. The van der Waals surface area contributed by atoms with E-state index in [0.29, 0.717) is 12.1 Å². The van der Waals surface area contributed by atoms with Crippen LogP contribution in [0.5, 0.6) is 0 Å². The molecule has 29 heavy (non-hydrogen) atoms. The number of fused-ring (bicyclic) bond motifs is 3. The van der Waals surface area contributed by atoms with Crippen molar-refractivity contribution in [2.45, 2.75) is 25.4 Å². The van der Waals surface area contributed by atoms with Crippen molar-refractivity contribution in [1.29, 1.82) is 0 Å². The molecule has 1 aliphatic rings. The average molecular weight is 388 g/mol. The number of likely N-dealkylation sites (tertiary alicyclic amines) is 1. The fourth-order valence-electron chi connectivity index (χ4n) is 4.45. The number of nitrogens with zero attached hydrogens (tertiary/aromatic N) is 1. The molecule has 0 unspecified atom stereocenters. The second kappa shape index (κ2) is 7.85. The number of rotatable bonds is 6. The fraction of sp³-hybridized carbons (Fsp3) is 0.292. The molecule has 3 heterocycles. The standard InChI is InChI=1S/C24H24N2O3/c27-23-14-18(24-19-7-2-1-6-17(19)9-10-22(24)29-23)15-25-16-20(21-8-5-13-28-21)26-11-3-4-12-26/h1-2,5-10,13-14,20,25H,3-4,11-12,15-16H2/t20-/m0/s1. The SMILES string of the molecule is O=c1cc(CNC[C@@H](c2ccco2)N2CCCC2)c2c(ccc3ccccc32)o1.